The van der Waals surface area contributed by atoms with Gasteiger partial charge >= 0.3 is 0 Å². The summed E-state index contributed by atoms with van der Waals surface area (Å²) in [5, 5.41) is 46.9. The first-order valence-corrected chi connectivity index (χ1v) is 30.1. The van der Waals surface area contributed by atoms with Crippen LogP contribution in [0.4, 0.5) is 4.79 Å². The van der Waals surface area contributed by atoms with Gasteiger partial charge in [0.25, 0.3) is 0 Å². The summed E-state index contributed by atoms with van der Waals surface area (Å²) >= 11 is 0. The number of carboxylic acid groups (broad SMARTS) is 1. The third-order valence-electron chi connectivity index (χ3n) is 16.5. The normalized spacial score (nSPS) is 28.5. The van der Waals surface area contributed by atoms with E-state index in [-0.39, 0.29) is 52.7 Å². The van der Waals surface area contributed by atoms with Gasteiger partial charge in [0, 0.05) is 30.2 Å². The Bertz CT molecular complexity index is 3500. The van der Waals surface area contributed by atoms with Gasteiger partial charge in [-0.2, -0.15) is 0 Å². The maximum atomic E-state index is 12.3. The number of aliphatic hydroxyl groups is 2. The van der Waals surface area contributed by atoms with Crippen molar-refractivity contribution in [3.05, 3.63) is 214 Å². The van der Waals surface area contributed by atoms with Gasteiger partial charge in [-0.1, -0.05) is 169 Å². The summed E-state index contributed by atoms with van der Waals surface area (Å²) in [5.41, 5.74) is 22.2. The van der Waals surface area contributed by atoms with E-state index < -0.39 is 104 Å². The van der Waals surface area contributed by atoms with E-state index in [0.29, 0.717) is 24.8 Å². The van der Waals surface area contributed by atoms with Crippen LogP contribution in [0.3, 0.4) is 0 Å². The molecule has 0 unspecified atom stereocenters. The van der Waals surface area contributed by atoms with Crippen molar-refractivity contribution in [3.63, 3.8) is 0 Å². The van der Waals surface area contributed by atoms with Crippen LogP contribution in [0.2, 0.25) is 0 Å². The number of nitrogens with zero attached hydrogens (tertiary/aromatic N) is 6. The van der Waals surface area contributed by atoms with Gasteiger partial charge in [0.2, 0.25) is 11.0 Å². The van der Waals surface area contributed by atoms with Crippen LogP contribution in [0, 0.1) is 5.53 Å². The van der Waals surface area contributed by atoms with Crippen molar-refractivity contribution in [1.82, 2.24) is 9.81 Å². The Morgan fingerprint density at radius 1 is 0.618 bits per heavy atom. The van der Waals surface area contributed by atoms with Crippen molar-refractivity contribution in [3.8, 4) is 0 Å². The van der Waals surface area contributed by atoms with Crippen molar-refractivity contribution in [2.45, 2.75) is 151 Å². The molecule has 4 aliphatic heterocycles. The number of hydrogen-bond donors (Lipinski definition) is 3. The molecule has 11 rings (SSSR count). The molecule has 7 aromatic rings. The monoisotopic (exact) mass is 1220 g/mol. The number of amides is 1. The second-order valence-electron chi connectivity index (χ2n) is 22.6. The third kappa shape index (κ3) is 15.9. The Morgan fingerprint density at radius 3 is 1.88 bits per heavy atom. The number of azide groups is 1. The molecule has 0 saturated carbocycles. The average Bonchev–Trinajstić information content (AvgIpc) is 1.91. The Balaban J connectivity index is 0.951. The van der Waals surface area contributed by atoms with E-state index in [9.17, 15) is 25.6 Å². The average molecular weight is 1220 g/mol. The number of aliphatic hydroxyl groups excluding tert-OH is 2. The Kier molecular flexibility index (Phi) is 21.8. The molecule has 0 aromatic heterocycles. The molecule has 89 heavy (non-hydrogen) atoms. The summed E-state index contributed by atoms with van der Waals surface area (Å²) < 4.78 is 75.0. The van der Waals surface area contributed by atoms with Gasteiger partial charge < -0.3 is 77.1 Å². The van der Waals surface area contributed by atoms with E-state index in [1.165, 1.54) is 4.90 Å². The molecule has 16 atom stereocenters. The van der Waals surface area contributed by atoms with Crippen molar-refractivity contribution in [2.75, 3.05) is 26.4 Å². The van der Waals surface area contributed by atoms with Crippen molar-refractivity contribution in [2.24, 2.45) is 10.2 Å². The molecule has 0 radical (unpaired) electrons. The highest BCUT2D eigenvalue weighted by atomic mass is 16.8. The van der Waals surface area contributed by atoms with E-state index in [0.717, 1.165) is 43.8 Å². The minimum atomic E-state index is -1.60. The van der Waals surface area contributed by atoms with Crippen LogP contribution in [0.15, 0.2) is 186 Å². The van der Waals surface area contributed by atoms with Crippen LogP contribution in [0.1, 0.15) is 60.3 Å². The van der Waals surface area contributed by atoms with E-state index >= 15 is 0 Å². The molecule has 4 fully saturated rings. The van der Waals surface area contributed by atoms with Gasteiger partial charge in [0.15, 0.2) is 25.2 Å². The molecular weight excluding hydrogens is 1140 g/mol. The Hall–Kier alpha value is -7.57. The zero-order valence-electron chi connectivity index (χ0n) is 49.1. The van der Waals surface area contributed by atoms with E-state index in [1.807, 2.05) is 164 Å². The maximum absolute atomic E-state index is 12.3. The van der Waals surface area contributed by atoms with Crippen LogP contribution >= 0.6 is 0 Å². The lowest BCUT2D eigenvalue weighted by Crippen LogP contribution is -2.67. The predicted molar refractivity (Wildman–Crippen MR) is 321 cm³/mol. The number of ether oxygens (including phenoxy) is 11. The molecule has 4 heterocycles. The number of nitrogens with one attached hydrogen (secondary N) is 1. The molecule has 0 bridgehead atoms. The van der Waals surface area contributed by atoms with Gasteiger partial charge in [0.1, 0.15) is 71.6 Å². The topological polar surface area (TPSA) is 284 Å². The lowest BCUT2D eigenvalue weighted by molar-refractivity contribution is -0.388. The van der Waals surface area contributed by atoms with E-state index in [2.05, 4.69) is 32.2 Å². The van der Waals surface area contributed by atoms with Gasteiger partial charge in [-0.05, 0) is 87.6 Å². The van der Waals surface area contributed by atoms with E-state index in [1.54, 1.807) is 6.92 Å². The summed E-state index contributed by atoms with van der Waals surface area (Å²) in [6, 6.07) is 53.7. The summed E-state index contributed by atoms with van der Waals surface area (Å²) in [7, 11) is 0. The van der Waals surface area contributed by atoms with Crippen LogP contribution in [-0.4, -0.2) is 140 Å². The fourth-order valence-electron chi connectivity index (χ4n) is 11.8. The van der Waals surface area contributed by atoms with Crippen molar-refractivity contribution in [1.29, 1.82) is 5.53 Å². The molecule has 4 aliphatic rings. The van der Waals surface area contributed by atoms with Crippen molar-refractivity contribution >= 4 is 27.6 Å². The molecule has 1 amide bonds. The SMILES string of the molecule is C[C@@H]1O[C@@H](O[C@@H]2[C@@H](N=[N+]=N)[C@@H](O[C@@H]3[C@H](OCc4ccc5ccccc5c4)[C@@H](OCc4ccc5ccccc5c4)[C@@H](OCCCCCN(Cc4ccccc4)C(=O)[O-])O[C@@H]3COCc3ccccc3)O[C@@H]3CO[C@H](c4ccccc4)O[C@H]23)[C@@H](N=[N+]=[N-])[C@H](O)[C@@H]1O. The molecule has 466 valence electrons. The van der Waals surface area contributed by atoms with Gasteiger partial charge in [-0.25, -0.2) is 0 Å². The first-order valence-electron chi connectivity index (χ1n) is 30.1. The smallest absolute Gasteiger partial charge is 0.214 e. The number of benzene rings is 7. The molecule has 22 heteroatoms. The standard InChI is InChI=1S/C67H73N7O15/c1-42-56(75)57(76)54(70-72-68)64(84-42)89-60-55(71-73-69)65(85-53-41-83-63(87-58(53)60)49-24-10-4-11-25-49)88-59-52(40-79-37-44-20-8-3-9-21-44)86-66(80-33-17-5-16-32-74(67(77)78)36-43-18-6-2-7-19-43)62(82-39-46-29-31-48-23-13-15-27-51(48)35-46)61(59)81-38-45-28-30-47-22-12-14-26-50(47)34-45/h2-4,6-15,18-31,34-35,42,52-66,69,75-76H,5,16-17,32-33,36-41H2,1H3/t42-,52+,53+,54-,55+,56+,57-,58-,59-,60+,61-,62+,63-,64-,65+,66-/m0/s1. The molecule has 3 N–H and O–H groups in total. The Labute approximate surface area is 514 Å². The number of carbonyl (C=O) groups excluding carboxylic acids is 1. The number of unbranched alkanes of at least 4 members (excludes halogenated alkanes) is 2. The molecule has 0 aliphatic carbocycles. The van der Waals surface area contributed by atoms with Crippen LogP contribution in [-0.2, 0) is 78.5 Å². The highest BCUT2D eigenvalue weighted by molar-refractivity contribution is 5.83. The molecule has 0 spiro atoms. The fraction of sp³-hybridized carbons (Fsp3) is 0.418. The second kappa shape index (κ2) is 30.8. The van der Waals surface area contributed by atoms with Crippen LogP contribution < -0.4 is 10.0 Å². The second-order valence-corrected chi connectivity index (χ2v) is 22.6. The predicted octanol–water partition coefficient (Wildman–Crippen LogP) is 9.11. The molecule has 7 aromatic carbocycles. The van der Waals surface area contributed by atoms with Crippen LogP contribution in [0.25, 0.3) is 32.0 Å². The fourth-order valence-corrected chi connectivity index (χ4v) is 11.8. The number of carbonyl (C=O) groups is 1. The lowest BCUT2D eigenvalue weighted by Gasteiger charge is -2.51. The highest BCUT2D eigenvalue weighted by Gasteiger charge is 2.59. The zero-order chi connectivity index (χ0) is 61.5. The number of fused-ring (bicyclic) bond motifs is 3. The molecule has 22 nitrogen and oxygen atoms in total. The minimum Gasteiger partial charge on any atom is -0.530 e. The van der Waals surface area contributed by atoms with Crippen LogP contribution in [0.5, 0.6) is 0 Å². The first-order chi connectivity index (χ1) is 43.6. The van der Waals surface area contributed by atoms with Gasteiger partial charge in [-0.3, -0.25) is 0 Å². The minimum absolute atomic E-state index is 0.0555. The summed E-state index contributed by atoms with van der Waals surface area (Å²) in [5.74, 6) is 0. The molecular formula is C67H73N7O15. The summed E-state index contributed by atoms with van der Waals surface area (Å²) in [4.78, 5) is 20.1. The molecule has 4 saturated heterocycles. The first kappa shape index (κ1) is 63.0. The highest BCUT2D eigenvalue weighted by Crippen LogP contribution is 2.41. The number of hydrogen-bond acceptors (Lipinski definition) is 18. The lowest BCUT2D eigenvalue weighted by atomic mass is 9.93. The third-order valence-corrected chi connectivity index (χ3v) is 16.5. The largest absolute Gasteiger partial charge is 0.530 e. The van der Waals surface area contributed by atoms with Gasteiger partial charge in [-0.15, -0.1) is 0 Å². The summed E-state index contributed by atoms with van der Waals surface area (Å²) in [6.07, 6.45) is -16.2. The maximum Gasteiger partial charge on any atom is 0.214 e. The Morgan fingerprint density at radius 2 is 1.22 bits per heavy atom. The summed E-state index contributed by atoms with van der Waals surface area (Å²) in [6.45, 7) is 2.37. The van der Waals surface area contributed by atoms with Gasteiger partial charge in [0.05, 0.1) is 45.2 Å². The zero-order valence-corrected chi connectivity index (χ0v) is 49.1. The number of rotatable bonds is 26. The quantitative estimate of drug-likeness (QED) is 0.0197. The van der Waals surface area contributed by atoms with E-state index in [4.69, 9.17) is 57.6 Å². The van der Waals surface area contributed by atoms with Crippen molar-refractivity contribution < 1.29 is 72.2 Å².